The van der Waals surface area contributed by atoms with E-state index in [1.165, 1.54) is 12.8 Å². The lowest BCUT2D eigenvalue weighted by atomic mass is 10.1. The van der Waals surface area contributed by atoms with Crippen LogP contribution in [0.2, 0.25) is 0 Å². The number of hydrogen-bond acceptors (Lipinski definition) is 3. The third-order valence-corrected chi connectivity index (χ3v) is 3.51. The molecular weight excluding hydrogens is 242 g/mol. The molecule has 1 rings (SSSR count). The van der Waals surface area contributed by atoms with Crippen LogP contribution >= 0.6 is 0 Å². The molecule has 0 spiro atoms. The maximum absolute atomic E-state index is 5.43. The summed E-state index contributed by atoms with van der Waals surface area (Å²) in [6.07, 6.45) is 2.35. The van der Waals surface area contributed by atoms with Crippen LogP contribution in [0.1, 0.15) is 32.3 Å². The van der Waals surface area contributed by atoms with E-state index in [0.717, 1.165) is 23.6 Å². The van der Waals surface area contributed by atoms with Crippen molar-refractivity contribution in [2.45, 2.75) is 39.3 Å². The predicted octanol–water partition coefficient (Wildman–Crippen LogP) is 1.96. The molecule has 4 nitrogen and oxygen atoms in total. The van der Waals surface area contributed by atoms with Crippen LogP contribution in [0, 0.1) is 0 Å². The van der Waals surface area contributed by atoms with Crippen molar-refractivity contribution in [2.75, 3.05) is 21.3 Å². The van der Waals surface area contributed by atoms with Crippen molar-refractivity contribution in [3.8, 4) is 17.2 Å². The van der Waals surface area contributed by atoms with E-state index >= 15 is 0 Å². The number of ether oxygens (including phenoxy) is 3. The Balaban J connectivity index is 2.92. The van der Waals surface area contributed by atoms with Crippen molar-refractivity contribution < 1.29 is 19.5 Å². The Hall–Kier alpha value is -1.42. The fraction of sp³-hybridized carbons (Fsp3) is 0.600. The molecule has 2 N–H and O–H groups in total. The predicted molar refractivity (Wildman–Crippen MR) is 76.1 cm³/mol. The van der Waals surface area contributed by atoms with Gasteiger partial charge in [-0.2, -0.15) is 0 Å². The molecule has 0 saturated heterocycles. The quantitative estimate of drug-likeness (QED) is 0.784. The number of methoxy groups -OCH3 is 3. The van der Waals surface area contributed by atoms with E-state index in [9.17, 15) is 0 Å². The largest absolute Gasteiger partial charge is 0.496 e. The monoisotopic (exact) mass is 268 g/mol. The molecule has 4 heteroatoms. The van der Waals surface area contributed by atoms with E-state index < -0.39 is 0 Å². The molecule has 108 valence electrons. The summed E-state index contributed by atoms with van der Waals surface area (Å²) in [4.78, 5) is 0. The van der Waals surface area contributed by atoms with E-state index in [1.807, 2.05) is 12.1 Å². The summed E-state index contributed by atoms with van der Waals surface area (Å²) in [6, 6.07) is 4.53. The van der Waals surface area contributed by atoms with Crippen LogP contribution in [0.4, 0.5) is 0 Å². The van der Waals surface area contributed by atoms with Gasteiger partial charge in [0.1, 0.15) is 12.3 Å². The molecule has 0 unspecified atom stereocenters. The molecule has 0 aromatic heterocycles. The number of hydrogen-bond donors (Lipinski definition) is 1. The van der Waals surface area contributed by atoms with Gasteiger partial charge in [-0.05, 0) is 18.9 Å². The molecule has 0 radical (unpaired) electrons. The molecule has 1 aromatic carbocycles. The van der Waals surface area contributed by atoms with Crippen molar-refractivity contribution in [1.82, 2.24) is 0 Å². The molecule has 0 fully saturated rings. The van der Waals surface area contributed by atoms with Crippen molar-refractivity contribution in [2.24, 2.45) is 0 Å². The summed E-state index contributed by atoms with van der Waals surface area (Å²) in [5.41, 5.74) is 1.13. The number of nitrogens with two attached hydrogens (primary N) is 1. The van der Waals surface area contributed by atoms with Crippen molar-refractivity contribution >= 4 is 0 Å². The van der Waals surface area contributed by atoms with Gasteiger partial charge >= 0.3 is 0 Å². The SMILES string of the molecule is CCC(CC)[NH2+]Cc1cc(OC)c(OC)cc1OC. The average Bonchev–Trinajstić information content (AvgIpc) is 2.47. The number of benzene rings is 1. The normalized spacial score (nSPS) is 10.6. The first-order valence-corrected chi connectivity index (χ1v) is 6.82. The molecule has 0 atom stereocenters. The number of rotatable bonds is 8. The van der Waals surface area contributed by atoms with E-state index in [2.05, 4.69) is 19.2 Å². The summed E-state index contributed by atoms with van der Waals surface area (Å²) in [6.45, 7) is 5.32. The van der Waals surface area contributed by atoms with Crippen molar-refractivity contribution in [3.63, 3.8) is 0 Å². The minimum absolute atomic E-state index is 0.651. The lowest BCUT2D eigenvalue weighted by molar-refractivity contribution is -0.705. The van der Waals surface area contributed by atoms with Crippen LogP contribution < -0.4 is 19.5 Å². The van der Waals surface area contributed by atoms with Gasteiger partial charge in [0.2, 0.25) is 0 Å². The Labute approximate surface area is 116 Å². The smallest absolute Gasteiger partial charge is 0.164 e. The Kier molecular flexibility index (Phi) is 6.50. The van der Waals surface area contributed by atoms with Crippen LogP contribution in [-0.2, 0) is 6.54 Å². The highest BCUT2D eigenvalue weighted by atomic mass is 16.5. The zero-order chi connectivity index (χ0) is 14.3. The number of quaternary nitrogens is 1. The topological polar surface area (TPSA) is 44.3 Å². The van der Waals surface area contributed by atoms with Crippen molar-refractivity contribution in [3.05, 3.63) is 17.7 Å². The third-order valence-electron chi connectivity index (χ3n) is 3.51. The summed E-state index contributed by atoms with van der Waals surface area (Å²) < 4.78 is 16.1. The Morgan fingerprint density at radius 2 is 1.42 bits per heavy atom. The molecule has 0 bridgehead atoms. The molecule has 0 aliphatic heterocycles. The first kappa shape index (κ1) is 15.6. The third kappa shape index (κ3) is 4.03. The first-order chi connectivity index (χ1) is 9.19. The van der Waals surface area contributed by atoms with Gasteiger partial charge < -0.3 is 19.5 Å². The standard InChI is InChI=1S/C15H25NO3/c1-6-12(7-2)16-10-11-8-14(18-4)15(19-5)9-13(11)17-3/h8-9,12,16H,6-7,10H2,1-5H3/p+1. The highest BCUT2D eigenvalue weighted by molar-refractivity contribution is 5.50. The lowest BCUT2D eigenvalue weighted by Gasteiger charge is -2.16. The molecular formula is C15H26NO3+. The molecule has 0 aliphatic carbocycles. The van der Waals surface area contributed by atoms with Gasteiger partial charge in [0, 0.05) is 6.07 Å². The summed E-state index contributed by atoms with van der Waals surface area (Å²) >= 11 is 0. The average molecular weight is 268 g/mol. The molecule has 0 saturated carbocycles. The molecule has 0 amide bonds. The minimum atomic E-state index is 0.651. The Morgan fingerprint density at radius 3 is 1.89 bits per heavy atom. The van der Waals surface area contributed by atoms with E-state index in [0.29, 0.717) is 11.8 Å². The van der Waals surface area contributed by atoms with Crippen LogP contribution in [0.3, 0.4) is 0 Å². The van der Waals surface area contributed by atoms with Crippen LogP contribution in [-0.4, -0.2) is 27.4 Å². The van der Waals surface area contributed by atoms with Crippen LogP contribution in [0.15, 0.2) is 12.1 Å². The van der Waals surface area contributed by atoms with Gasteiger partial charge in [0.25, 0.3) is 0 Å². The second kappa shape index (κ2) is 7.89. The van der Waals surface area contributed by atoms with Gasteiger partial charge in [-0.25, -0.2) is 0 Å². The lowest BCUT2D eigenvalue weighted by Crippen LogP contribution is -2.88. The molecule has 1 aromatic rings. The fourth-order valence-corrected chi connectivity index (χ4v) is 2.17. The van der Waals surface area contributed by atoms with Crippen LogP contribution in [0.25, 0.3) is 0 Å². The summed E-state index contributed by atoms with van der Waals surface area (Å²) in [5.74, 6) is 2.29. The Morgan fingerprint density at radius 1 is 0.895 bits per heavy atom. The van der Waals surface area contributed by atoms with E-state index in [4.69, 9.17) is 14.2 Å². The maximum Gasteiger partial charge on any atom is 0.164 e. The zero-order valence-electron chi connectivity index (χ0n) is 12.7. The van der Waals surface area contributed by atoms with Gasteiger partial charge in [-0.1, -0.05) is 13.8 Å². The van der Waals surface area contributed by atoms with Crippen LogP contribution in [0.5, 0.6) is 17.2 Å². The Bertz CT molecular complexity index is 389. The van der Waals surface area contributed by atoms with Gasteiger partial charge in [-0.3, -0.25) is 0 Å². The molecule has 0 heterocycles. The second-order valence-electron chi connectivity index (χ2n) is 4.54. The zero-order valence-corrected chi connectivity index (χ0v) is 12.7. The highest BCUT2D eigenvalue weighted by Crippen LogP contribution is 2.34. The molecule has 19 heavy (non-hydrogen) atoms. The molecule has 0 aliphatic rings. The van der Waals surface area contributed by atoms with Gasteiger partial charge in [-0.15, -0.1) is 0 Å². The maximum atomic E-state index is 5.43. The van der Waals surface area contributed by atoms with Gasteiger partial charge in [0.05, 0.1) is 32.9 Å². The summed E-state index contributed by atoms with van der Waals surface area (Å²) in [5, 5.41) is 2.35. The second-order valence-corrected chi connectivity index (χ2v) is 4.54. The van der Waals surface area contributed by atoms with Gasteiger partial charge in [0.15, 0.2) is 11.5 Å². The van der Waals surface area contributed by atoms with E-state index in [1.54, 1.807) is 21.3 Å². The first-order valence-electron chi connectivity index (χ1n) is 6.82. The highest BCUT2D eigenvalue weighted by Gasteiger charge is 2.14. The minimum Gasteiger partial charge on any atom is -0.496 e. The fourth-order valence-electron chi connectivity index (χ4n) is 2.17. The van der Waals surface area contributed by atoms with Crippen molar-refractivity contribution in [1.29, 1.82) is 0 Å². The van der Waals surface area contributed by atoms with E-state index in [-0.39, 0.29) is 0 Å². The summed E-state index contributed by atoms with van der Waals surface area (Å²) in [7, 11) is 4.97.